The molecule has 4 heteroatoms. The van der Waals surface area contributed by atoms with Crippen LogP contribution < -0.4 is 4.74 Å². The van der Waals surface area contributed by atoms with Crippen LogP contribution in [0.15, 0.2) is 12.1 Å². The quantitative estimate of drug-likeness (QED) is 0.750. The van der Waals surface area contributed by atoms with Gasteiger partial charge in [-0.25, -0.2) is 0 Å². The van der Waals surface area contributed by atoms with Crippen molar-refractivity contribution in [1.29, 1.82) is 5.26 Å². The third-order valence-electron chi connectivity index (χ3n) is 3.53. The van der Waals surface area contributed by atoms with Gasteiger partial charge in [-0.15, -0.1) is 0 Å². The van der Waals surface area contributed by atoms with E-state index in [2.05, 4.69) is 6.07 Å². The lowest BCUT2D eigenvalue weighted by molar-refractivity contribution is -0.110. The van der Waals surface area contributed by atoms with Gasteiger partial charge in [0.05, 0.1) is 18.8 Å². The van der Waals surface area contributed by atoms with Gasteiger partial charge in [0, 0.05) is 5.92 Å². The van der Waals surface area contributed by atoms with E-state index in [1.165, 1.54) is 0 Å². The molecule has 2 aliphatic rings. The average molecular weight is 243 g/mol. The van der Waals surface area contributed by atoms with Crippen LogP contribution in [0.5, 0.6) is 5.75 Å². The van der Waals surface area contributed by atoms with E-state index in [1.54, 1.807) is 0 Å². The highest BCUT2D eigenvalue weighted by Crippen LogP contribution is 2.34. The van der Waals surface area contributed by atoms with Crippen LogP contribution in [-0.4, -0.2) is 25.6 Å². The summed E-state index contributed by atoms with van der Waals surface area (Å²) in [5, 5.41) is 9.30. The molecule has 1 aromatic rings. The number of ether oxygens (including phenoxy) is 2. The number of hydrogen-bond acceptors (Lipinski definition) is 4. The van der Waals surface area contributed by atoms with E-state index in [0.29, 0.717) is 30.9 Å². The molecular weight excluding hydrogens is 230 g/mol. The number of nitriles is 1. The van der Waals surface area contributed by atoms with Crippen LogP contribution in [0.4, 0.5) is 0 Å². The molecule has 92 valence electrons. The lowest BCUT2D eigenvalue weighted by atomic mass is 10.0. The van der Waals surface area contributed by atoms with E-state index >= 15 is 0 Å². The van der Waals surface area contributed by atoms with Crippen molar-refractivity contribution >= 4 is 6.29 Å². The highest BCUT2D eigenvalue weighted by Gasteiger charge is 2.27. The standard InChI is InChI=1S/C14H13NO3/c15-5-13-12-4-9(6-16)3-10(12)1-2-14(13)18-11-7-17-8-11/h1-2,6,9,11H,3-4,7-8H2. The molecule has 1 aliphatic carbocycles. The van der Waals surface area contributed by atoms with Crippen LogP contribution in [0.25, 0.3) is 0 Å². The number of fused-ring (bicyclic) bond motifs is 1. The zero-order valence-electron chi connectivity index (χ0n) is 9.89. The lowest BCUT2D eigenvalue weighted by Gasteiger charge is -2.27. The van der Waals surface area contributed by atoms with Gasteiger partial charge in [-0.2, -0.15) is 5.26 Å². The zero-order valence-corrected chi connectivity index (χ0v) is 9.89. The molecule has 1 fully saturated rings. The number of nitrogens with zero attached hydrogens (tertiary/aromatic N) is 1. The minimum atomic E-state index is 0.00869. The number of rotatable bonds is 3. The van der Waals surface area contributed by atoms with Crippen LogP contribution in [0.3, 0.4) is 0 Å². The Morgan fingerprint density at radius 1 is 1.39 bits per heavy atom. The first kappa shape index (κ1) is 11.2. The maximum Gasteiger partial charge on any atom is 0.145 e. The van der Waals surface area contributed by atoms with E-state index < -0.39 is 0 Å². The SMILES string of the molecule is N#Cc1c(OC2COC2)ccc2c1CC(C=O)C2. The van der Waals surface area contributed by atoms with Crippen LogP contribution in [0, 0.1) is 17.2 Å². The van der Waals surface area contributed by atoms with Crippen molar-refractivity contribution in [1.82, 2.24) is 0 Å². The molecule has 0 amide bonds. The van der Waals surface area contributed by atoms with Crippen molar-refractivity contribution in [3.05, 3.63) is 28.8 Å². The molecule has 3 rings (SSSR count). The van der Waals surface area contributed by atoms with Gasteiger partial charge in [0.15, 0.2) is 0 Å². The zero-order chi connectivity index (χ0) is 12.5. The predicted molar refractivity (Wildman–Crippen MR) is 63.4 cm³/mol. The van der Waals surface area contributed by atoms with Crippen molar-refractivity contribution in [2.45, 2.75) is 18.9 Å². The lowest BCUT2D eigenvalue weighted by Crippen LogP contribution is -2.38. The summed E-state index contributed by atoms with van der Waals surface area (Å²) in [4.78, 5) is 10.9. The molecule has 1 aromatic carbocycles. The van der Waals surface area contributed by atoms with Gasteiger partial charge < -0.3 is 14.3 Å². The number of aldehydes is 1. The number of carbonyl (C=O) groups is 1. The van der Waals surface area contributed by atoms with Crippen LogP contribution in [-0.2, 0) is 22.4 Å². The molecule has 18 heavy (non-hydrogen) atoms. The highest BCUT2D eigenvalue weighted by atomic mass is 16.6. The Morgan fingerprint density at radius 2 is 2.22 bits per heavy atom. The molecule has 1 heterocycles. The second-order valence-corrected chi connectivity index (χ2v) is 4.77. The Labute approximate surface area is 105 Å². The molecule has 0 spiro atoms. The molecule has 0 N–H and O–H groups in total. The van der Waals surface area contributed by atoms with Crippen LogP contribution in [0.1, 0.15) is 16.7 Å². The van der Waals surface area contributed by atoms with Gasteiger partial charge in [0.1, 0.15) is 24.2 Å². The van der Waals surface area contributed by atoms with Crippen molar-refractivity contribution in [3.63, 3.8) is 0 Å². The Hall–Kier alpha value is -1.86. The Balaban J connectivity index is 1.93. The fourth-order valence-electron chi connectivity index (χ4n) is 2.49. The van der Waals surface area contributed by atoms with E-state index in [0.717, 1.165) is 23.8 Å². The van der Waals surface area contributed by atoms with Gasteiger partial charge in [-0.3, -0.25) is 0 Å². The number of carbonyl (C=O) groups excluding carboxylic acids is 1. The summed E-state index contributed by atoms with van der Waals surface area (Å²) < 4.78 is 10.8. The second kappa shape index (κ2) is 4.43. The number of hydrogen-bond donors (Lipinski definition) is 0. The second-order valence-electron chi connectivity index (χ2n) is 4.77. The van der Waals surface area contributed by atoms with E-state index in [-0.39, 0.29) is 12.0 Å². The van der Waals surface area contributed by atoms with Gasteiger partial charge >= 0.3 is 0 Å². The molecule has 1 saturated heterocycles. The van der Waals surface area contributed by atoms with Gasteiger partial charge in [-0.1, -0.05) is 6.07 Å². The maximum absolute atomic E-state index is 10.9. The fraction of sp³-hybridized carbons (Fsp3) is 0.429. The van der Waals surface area contributed by atoms with E-state index in [4.69, 9.17) is 9.47 Å². The topological polar surface area (TPSA) is 59.3 Å². The van der Waals surface area contributed by atoms with Gasteiger partial charge in [0.25, 0.3) is 0 Å². The predicted octanol–water partition coefficient (Wildman–Crippen LogP) is 1.25. The van der Waals surface area contributed by atoms with Crippen molar-refractivity contribution in [3.8, 4) is 11.8 Å². The van der Waals surface area contributed by atoms with Crippen LogP contribution >= 0.6 is 0 Å². The maximum atomic E-state index is 10.9. The van der Waals surface area contributed by atoms with Gasteiger partial charge in [0.2, 0.25) is 0 Å². The summed E-state index contributed by atoms with van der Waals surface area (Å²) in [6.07, 6.45) is 2.42. The van der Waals surface area contributed by atoms with Gasteiger partial charge in [-0.05, 0) is 30.0 Å². The first-order chi connectivity index (χ1) is 8.81. The average Bonchev–Trinajstić information content (AvgIpc) is 2.76. The number of benzene rings is 1. The fourth-order valence-corrected chi connectivity index (χ4v) is 2.49. The summed E-state index contributed by atoms with van der Waals surface area (Å²) in [6, 6.07) is 6.02. The Kier molecular flexibility index (Phi) is 2.77. The molecule has 0 bridgehead atoms. The minimum absolute atomic E-state index is 0.00869. The third-order valence-corrected chi connectivity index (χ3v) is 3.53. The third kappa shape index (κ3) is 1.77. The van der Waals surface area contributed by atoms with Crippen LogP contribution in [0.2, 0.25) is 0 Å². The summed E-state index contributed by atoms with van der Waals surface area (Å²) in [6.45, 7) is 1.16. The molecule has 0 aromatic heterocycles. The Morgan fingerprint density at radius 3 is 2.83 bits per heavy atom. The summed E-state index contributed by atoms with van der Waals surface area (Å²) in [5.41, 5.74) is 2.66. The van der Waals surface area contributed by atoms with E-state index in [1.807, 2.05) is 12.1 Å². The molecule has 1 aliphatic heterocycles. The molecule has 4 nitrogen and oxygen atoms in total. The molecular formula is C14H13NO3. The monoisotopic (exact) mass is 243 g/mol. The summed E-state index contributed by atoms with van der Waals surface area (Å²) in [7, 11) is 0. The molecule has 1 atom stereocenters. The first-order valence-corrected chi connectivity index (χ1v) is 6.06. The minimum Gasteiger partial charge on any atom is -0.484 e. The first-order valence-electron chi connectivity index (χ1n) is 6.06. The smallest absolute Gasteiger partial charge is 0.145 e. The van der Waals surface area contributed by atoms with E-state index in [9.17, 15) is 10.1 Å². The largest absolute Gasteiger partial charge is 0.484 e. The highest BCUT2D eigenvalue weighted by molar-refractivity contribution is 5.62. The Bertz CT molecular complexity index is 529. The van der Waals surface area contributed by atoms with Crippen molar-refractivity contribution in [2.24, 2.45) is 5.92 Å². The normalized spacial score (nSPS) is 21.8. The van der Waals surface area contributed by atoms with Crippen molar-refractivity contribution in [2.75, 3.05) is 13.2 Å². The summed E-state index contributed by atoms with van der Waals surface area (Å²) >= 11 is 0. The molecule has 0 radical (unpaired) electrons. The molecule has 0 saturated carbocycles. The van der Waals surface area contributed by atoms with Crippen molar-refractivity contribution < 1.29 is 14.3 Å². The summed E-state index contributed by atoms with van der Waals surface area (Å²) in [5.74, 6) is 0.630. The molecule has 1 unspecified atom stereocenters.